The minimum atomic E-state index is -4.84. The maximum absolute atomic E-state index is 12.4. The number of aryl methyl sites for hydroxylation is 2. The van der Waals surface area contributed by atoms with Gasteiger partial charge in [-0.3, -0.25) is 19.4 Å². The van der Waals surface area contributed by atoms with Gasteiger partial charge in [-0.25, -0.2) is 19.9 Å². The third-order valence-corrected chi connectivity index (χ3v) is 12.1. The standard InChI is InChI=1S/C25H27ClF3N5O4.C24H28ClN5O3/c1-16-19-13-17(31-23(36)15-37-22-6-4-18(14-20(22)26)38-25(27,28)29)3-5-21(19)32-24(30-16)34-8-2-7-33(9-10-34)11-12-35;1-17-21-15-19(27-23(32)16-33-20-6-3-18(25)4-7-20)5-8-22(21)28-24(26-17)30-10-2-9-29(11-12-30)13-14-31/h3-6,13-14,35H,2,7-12,15H2,1H3,(H,31,36);3-8,15,31H,2,9-14,16H2,1H3,(H,27,32). The van der Waals surface area contributed by atoms with Crippen molar-refractivity contribution in [1.82, 2.24) is 29.7 Å². The summed E-state index contributed by atoms with van der Waals surface area (Å²) in [5, 5.41) is 26.2. The maximum Gasteiger partial charge on any atom is 0.573 e. The number of carbonyl (C=O) groups is 2. The molecule has 2 aromatic heterocycles. The number of hydrogen-bond acceptors (Lipinski definition) is 15. The van der Waals surface area contributed by atoms with Crippen LogP contribution in [0.15, 0.2) is 78.9 Å². The fourth-order valence-electron chi connectivity index (χ4n) is 8.06. The van der Waals surface area contributed by atoms with Gasteiger partial charge in [0.1, 0.15) is 17.2 Å². The first-order valence-corrected chi connectivity index (χ1v) is 23.8. The van der Waals surface area contributed by atoms with Crippen LogP contribution in [0, 0.1) is 13.8 Å². The summed E-state index contributed by atoms with van der Waals surface area (Å²) < 4.78 is 51.7. The van der Waals surface area contributed by atoms with Crippen LogP contribution in [0.4, 0.5) is 36.4 Å². The summed E-state index contributed by atoms with van der Waals surface area (Å²) in [7, 11) is 0. The number of aliphatic hydroxyl groups excluding tert-OH is 2. The zero-order valence-corrected chi connectivity index (χ0v) is 40.7. The Morgan fingerprint density at radius 2 is 1.11 bits per heavy atom. The largest absolute Gasteiger partial charge is 0.573 e. The molecule has 71 heavy (non-hydrogen) atoms. The van der Waals surface area contributed by atoms with Gasteiger partial charge in [0.15, 0.2) is 13.2 Å². The molecule has 4 N–H and O–H groups in total. The normalized spacial score (nSPS) is 14.8. The molecule has 17 nitrogen and oxygen atoms in total. The van der Waals surface area contributed by atoms with Crippen LogP contribution in [0.25, 0.3) is 21.8 Å². The average Bonchev–Trinajstić information content (AvgIpc) is 3.72. The second-order valence-electron chi connectivity index (χ2n) is 16.8. The number of aliphatic hydroxyl groups is 2. The Kier molecular flexibility index (Phi) is 18.3. The lowest BCUT2D eigenvalue weighted by Gasteiger charge is -2.22. The minimum absolute atomic E-state index is 0.0413. The van der Waals surface area contributed by atoms with E-state index in [-0.39, 0.29) is 36.5 Å². The molecule has 2 amide bonds. The average molecular weight is 1020 g/mol. The highest BCUT2D eigenvalue weighted by molar-refractivity contribution is 6.32. The zero-order valence-electron chi connectivity index (χ0n) is 39.2. The van der Waals surface area contributed by atoms with E-state index in [9.17, 15) is 33.0 Å². The van der Waals surface area contributed by atoms with E-state index in [0.29, 0.717) is 41.2 Å². The molecule has 2 aliphatic rings. The van der Waals surface area contributed by atoms with Gasteiger partial charge in [0.05, 0.1) is 40.7 Å². The van der Waals surface area contributed by atoms with Gasteiger partial charge in [-0.05, 0) is 113 Å². The number of alkyl halides is 3. The van der Waals surface area contributed by atoms with Crippen LogP contribution >= 0.6 is 23.2 Å². The summed E-state index contributed by atoms with van der Waals surface area (Å²) in [4.78, 5) is 52.5. The molecule has 0 saturated carbocycles. The molecular formula is C49H55Cl2F3N10O7. The quantitative estimate of drug-likeness (QED) is 0.0813. The molecule has 8 rings (SSSR count). The molecule has 6 aromatic rings. The summed E-state index contributed by atoms with van der Waals surface area (Å²) in [5.74, 6) is 0.765. The van der Waals surface area contributed by atoms with Crippen LogP contribution in [-0.2, 0) is 9.59 Å². The summed E-state index contributed by atoms with van der Waals surface area (Å²) in [6.07, 6.45) is -2.89. The molecule has 378 valence electrons. The number of nitrogens with zero attached hydrogens (tertiary/aromatic N) is 8. The van der Waals surface area contributed by atoms with Gasteiger partial charge in [0.2, 0.25) is 11.9 Å². The first-order valence-electron chi connectivity index (χ1n) is 23.0. The molecule has 0 atom stereocenters. The number of ether oxygens (including phenoxy) is 3. The third kappa shape index (κ3) is 15.4. The fourth-order valence-corrected chi connectivity index (χ4v) is 8.41. The van der Waals surface area contributed by atoms with Crippen molar-refractivity contribution in [2.45, 2.75) is 33.1 Å². The molecule has 0 radical (unpaired) electrons. The molecule has 22 heteroatoms. The van der Waals surface area contributed by atoms with Crippen molar-refractivity contribution in [3.8, 4) is 17.2 Å². The van der Waals surface area contributed by atoms with Gasteiger partial charge >= 0.3 is 6.36 Å². The van der Waals surface area contributed by atoms with Crippen LogP contribution in [0.5, 0.6) is 17.2 Å². The van der Waals surface area contributed by atoms with Crippen LogP contribution in [0.2, 0.25) is 10.0 Å². The van der Waals surface area contributed by atoms with E-state index in [2.05, 4.69) is 40.0 Å². The number of rotatable bonds is 15. The van der Waals surface area contributed by atoms with Crippen molar-refractivity contribution in [1.29, 1.82) is 0 Å². The lowest BCUT2D eigenvalue weighted by molar-refractivity contribution is -0.274. The van der Waals surface area contributed by atoms with E-state index in [1.165, 1.54) is 6.07 Å². The van der Waals surface area contributed by atoms with Gasteiger partial charge in [-0.1, -0.05) is 23.2 Å². The van der Waals surface area contributed by atoms with Gasteiger partial charge in [0, 0.05) is 85.6 Å². The Labute approximate surface area is 418 Å². The molecule has 2 saturated heterocycles. The van der Waals surface area contributed by atoms with Gasteiger partial charge in [-0.15, -0.1) is 13.2 Å². The van der Waals surface area contributed by atoms with Crippen LogP contribution in [0.1, 0.15) is 24.2 Å². The van der Waals surface area contributed by atoms with Crippen molar-refractivity contribution in [2.75, 3.05) is 112 Å². The Hall–Kier alpha value is -6.29. The molecule has 2 aliphatic heterocycles. The Bertz CT molecular complexity index is 2780. The molecular weight excluding hydrogens is 969 g/mol. The first-order chi connectivity index (χ1) is 34.1. The predicted octanol–water partition coefficient (Wildman–Crippen LogP) is 7.13. The van der Waals surface area contributed by atoms with E-state index >= 15 is 0 Å². The second-order valence-corrected chi connectivity index (χ2v) is 17.6. The highest BCUT2D eigenvalue weighted by Gasteiger charge is 2.31. The fraction of sp³-hybridized carbons (Fsp3) is 0.388. The Balaban J connectivity index is 0.000000211. The van der Waals surface area contributed by atoms with E-state index in [1.54, 1.807) is 42.5 Å². The van der Waals surface area contributed by atoms with Gasteiger partial charge in [0.25, 0.3) is 11.8 Å². The van der Waals surface area contributed by atoms with Gasteiger partial charge in [-0.2, -0.15) is 0 Å². The number of anilines is 4. The van der Waals surface area contributed by atoms with Crippen molar-refractivity contribution in [2.24, 2.45) is 0 Å². The SMILES string of the molecule is Cc1nc(N2CCCN(CCO)CC2)nc2ccc(NC(=O)COc3ccc(Cl)cc3)cc12.Cc1nc(N2CCCN(CCO)CC2)nc2ccc(NC(=O)COc3ccc(OC(F)(F)F)cc3Cl)cc12. The lowest BCUT2D eigenvalue weighted by atomic mass is 10.1. The summed E-state index contributed by atoms with van der Waals surface area (Å²) in [6.45, 7) is 11.9. The molecule has 0 aliphatic carbocycles. The molecule has 2 fully saturated rings. The van der Waals surface area contributed by atoms with E-state index in [4.69, 9.17) is 47.6 Å². The number of nitrogens with one attached hydrogen (secondary N) is 2. The number of β-amino-alcohol motifs (C(OH)–C–C–N with tert-alkyl or cyclic N) is 2. The zero-order chi connectivity index (χ0) is 50.5. The number of aromatic nitrogens is 4. The summed E-state index contributed by atoms with van der Waals surface area (Å²) in [5.41, 5.74) is 4.39. The van der Waals surface area contributed by atoms with Crippen molar-refractivity contribution < 1.29 is 47.2 Å². The van der Waals surface area contributed by atoms with E-state index in [0.717, 1.165) is 116 Å². The van der Waals surface area contributed by atoms with Gasteiger partial charge < -0.3 is 44.9 Å². The topological polar surface area (TPSA) is 191 Å². The second kappa shape index (κ2) is 24.7. The highest BCUT2D eigenvalue weighted by Crippen LogP contribution is 2.32. The van der Waals surface area contributed by atoms with Crippen LogP contribution in [0.3, 0.4) is 0 Å². The number of hydrogen-bond donors (Lipinski definition) is 4. The predicted molar refractivity (Wildman–Crippen MR) is 267 cm³/mol. The third-order valence-electron chi connectivity index (χ3n) is 11.6. The minimum Gasteiger partial charge on any atom is -0.484 e. The lowest BCUT2D eigenvalue weighted by Crippen LogP contribution is -2.33. The summed E-state index contributed by atoms with van der Waals surface area (Å²) >= 11 is 11.8. The molecule has 4 aromatic carbocycles. The van der Waals surface area contributed by atoms with Crippen LogP contribution < -0.4 is 34.6 Å². The molecule has 0 bridgehead atoms. The summed E-state index contributed by atoms with van der Waals surface area (Å²) in [6, 6.07) is 21.0. The van der Waals surface area contributed by atoms with E-state index in [1.807, 2.05) is 32.0 Å². The number of halogens is 5. The van der Waals surface area contributed by atoms with Crippen molar-refractivity contribution in [3.05, 3.63) is 100 Å². The number of amides is 2. The molecule has 0 unspecified atom stereocenters. The Morgan fingerprint density at radius 1 is 0.620 bits per heavy atom. The monoisotopic (exact) mass is 1020 g/mol. The van der Waals surface area contributed by atoms with Crippen molar-refractivity contribution >= 4 is 80.1 Å². The Morgan fingerprint density at radius 3 is 1.59 bits per heavy atom. The number of benzene rings is 4. The highest BCUT2D eigenvalue weighted by atomic mass is 35.5. The maximum atomic E-state index is 12.4. The molecule has 4 heterocycles. The number of fused-ring (bicyclic) bond motifs is 2. The first kappa shape index (κ1) is 52.5. The van der Waals surface area contributed by atoms with Crippen molar-refractivity contribution in [3.63, 3.8) is 0 Å². The molecule has 0 spiro atoms. The number of carbonyl (C=O) groups excluding carboxylic acids is 2. The van der Waals surface area contributed by atoms with E-state index < -0.39 is 24.6 Å². The van der Waals surface area contributed by atoms with Crippen LogP contribution in [-0.4, -0.2) is 150 Å². The smallest absolute Gasteiger partial charge is 0.484 e.